The molecule has 1 fully saturated rings. The number of benzene rings is 1. The lowest BCUT2D eigenvalue weighted by molar-refractivity contribution is -0.121. The van der Waals surface area contributed by atoms with Crippen LogP contribution in [0.1, 0.15) is 30.7 Å². The molecule has 20 heavy (non-hydrogen) atoms. The Morgan fingerprint density at radius 1 is 1.45 bits per heavy atom. The molecule has 0 aromatic heterocycles. The van der Waals surface area contributed by atoms with Crippen molar-refractivity contribution in [2.24, 2.45) is 5.73 Å². The average Bonchev–Trinajstić information content (AvgIpc) is 2.93. The standard InChI is InChI=1S/C15H20N2O2S/c16-14(20)13(11-5-2-1-3-6-11)15(18)17-9-8-12-7-4-10-19-12/h1-3,5-6,12-13H,4,7-10H2,(H2,16,20)(H,17,18). The van der Waals surface area contributed by atoms with Crippen LogP contribution in [0, 0.1) is 0 Å². The highest BCUT2D eigenvalue weighted by Crippen LogP contribution is 2.17. The van der Waals surface area contributed by atoms with E-state index in [1.54, 1.807) is 0 Å². The predicted octanol–water partition coefficient (Wildman–Crippen LogP) is 1.74. The number of hydrogen-bond donors (Lipinski definition) is 2. The van der Waals surface area contributed by atoms with Crippen molar-refractivity contribution in [2.45, 2.75) is 31.3 Å². The second-order valence-corrected chi connectivity index (χ2v) is 5.43. The Kier molecular flexibility index (Phi) is 5.49. The SMILES string of the molecule is NC(=S)C(C(=O)NCCC1CCCO1)c1ccccc1. The van der Waals surface area contributed by atoms with Gasteiger partial charge >= 0.3 is 0 Å². The number of ether oxygens (including phenoxy) is 1. The zero-order chi connectivity index (χ0) is 14.4. The summed E-state index contributed by atoms with van der Waals surface area (Å²) in [5.41, 5.74) is 6.54. The number of carbonyl (C=O) groups is 1. The lowest BCUT2D eigenvalue weighted by Crippen LogP contribution is -2.37. The number of rotatable bonds is 6. The van der Waals surface area contributed by atoms with Crippen molar-refractivity contribution in [3.8, 4) is 0 Å². The highest BCUT2D eigenvalue weighted by Gasteiger charge is 2.23. The van der Waals surface area contributed by atoms with Crippen molar-refractivity contribution in [3.05, 3.63) is 35.9 Å². The molecular weight excluding hydrogens is 272 g/mol. The number of carbonyl (C=O) groups excluding carboxylic acids is 1. The summed E-state index contributed by atoms with van der Waals surface area (Å²) in [7, 11) is 0. The largest absolute Gasteiger partial charge is 0.392 e. The molecule has 1 aliphatic heterocycles. The van der Waals surface area contributed by atoms with Gasteiger partial charge in [-0.25, -0.2) is 0 Å². The molecule has 0 bridgehead atoms. The zero-order valence-electron chi connectivity index (χ0n) is 11.4. The number of amides is 1. The van der Waals surface area contributed by atoms with Gasteiger partial charge < -0.3 is 15.8 Å². The van der Waals surface area contributed by atoms with Crippen molar-refractivity contribution in [1.29, 1.82) is 0 Å². The molecule has 5 heteroatoms. The monoisotopic (exact) mass is 292 g/mol. The van der Waals surface area contributed by atoms with Crippen molar-refractivity contribution in [2.75, 3.05) is 13.2 Å². The van der Waals surface area contributed by atoms with Gasteiger partial charge in [-0.2, -0.15) is 0 Å². The van der Waals surface area contributed by atoms with Gasteiger partial charge in [0.25, 0.3) is 0 Å². The van der Waals surface area contributed by atoms with E-state index in [9.17, 15) is 4.79 Å². The number of nitrogens with one attached hydrogen (secondary N) is 1. The van der Waals surface area contributed by atoms with E-state index >= 15 is 0 Å². The van der Waals surface area contributed by atoms with Crippen LogP contribution in [-0.2, 0) is 9.53 Å². The van der Waals surface area contributed by atoms with Gasteiger partial charge in [-0.15, -0.1) is 0 Å². The molecule has 1 amide bonds. The molecule has 1 aromatic carbocycles. The maximum atomic E-state index is 12.2. The summed E-state index contributed by atoms with van der Waals surface area (Å²) in [4.78, 5) is 12.4. The molecule has 1 saturated heterocycles. The summed E-state index contributed by atoms with van der Waals surface area (Å²) in [6.07, 6.45) is 3.30. The molecule has 0 saturated carbocycles. The van der Waals surface area contributed by atoms with Crippen molar-refractivity contribution in [1.82, 2.24) is 5.32 Å². The molecule has 4 nitrogen and oxygen atoms in total. The molecule has 2 atom stereocenters. The Labute approximate surface area is 124 Å². The second kappa shape index (κ2) is 7.36. The van der Waals surface area contributed by atoms with E-state index in [2.05, 4.69) is 5.32 Å². The van der Waals surface area contributed by atoms with E-state index < -0.39 is 5.92 Å². The molecule has 1 aromatic rings. The number of hydrogen-bond acceptors (Lipinski definition) is 3. The maximum Gasteiger partial charge on any atom is 0.234 e. The average molecular weight is 292 g/mol. The summed E-state index contributed by atoms with van der Waals surface area (Å²) in [6, 6.07) is 9.38. The fourth-order valence-corrected chi connectivity index (χ4v) is 2.66. The highest BCUT2D eigenvalue weighted by atomic mass is 32.1. The molecular formula is C15H20N2O2S. The summed E-state index contributed by atoms with van der Waals surface area (Å²) >= 11 is 5.03. The van der Waals surface area contributed by atoms with Crippen LogP contribution < -0.4 is 11.1 Å². The van der Waals surface area contributed by atoms with E-state index in [4.69, 9.17) is 22.7 Å². The molecule has 0 aliphatic carbocycles. The smallest absolute Gasteiger partial charge is 0.234 e. The van der Waals surface area contributed by atoms with Gasteiger partial charge in [0, 0.05) is 13.2 Å². The molecule has 1 heterocycles. The minimum atomic E-state index is -0.560. The number of thiocarbonyl (C=S) groups is 1. The highest BCUT2D eigenvalue weighted by molar-refractivity contribution is 7.80. The molecule has 0 radical (unpaired) electrons. The third-order valence-corrected chi connectivity index (χ3v) is 3.70. The van der Waals surface area contributed by atoms with Crippen molar-refractivity contribution >= 4 is 23.1 Å². The first kappa shape index (κ1) is 14.9. The van der Waals surface area contributed by atoms with Crippen molar-refractivity contribution in [3.63, 3.8) is 0 Å². The Hall–Kier alpha value is -1.46. The van der Waals surface area contributed by atoms with Crippen LogP contribution in [0.5, 0.6) is 0 Å². The fraction of sp³-hybridized carbons (Fsp3) is 0.467. The van der Waals surface area contributed by atoms with Crippen molar-refractivity contribution < 1.29 is 9.53 Å². The Morgan fingerprint density at radius 2 is 2.20 bits per heavy atom. The first-order valence-corrected chi connectivity index (χ1v) is 7.33. The fourth-order valence-electron chi connectivity index (χ4n) is 2.42. The third kappa shape index (κ3) is 4.02. The van der Waals surface area contributed by atoms with Gasteiger partial charge in [-0.1, -0.05) is 42.5 Å². The second-order valence-electron chi connectivity index (χ2n) is 4.96. The van der Waals surface area contributed by atoms with Gasteiger partial charge in [0.2, 0.25) is 5.91 Å². The Bertz CT molecular complexity index is 458. The van der Waals surface area contributed by atoms with Crippen LogP contribution in [-0.4, -0.2) is 30.2 Å². The quantitative estimate of drug-likeness (QED) is 0.784. The lowest BCUT2D eigenvalue weighted by atomic mass is 9.98. The van der Waals surface area contributed by atoms with Gasteiger partial charge in [0.1, 0.15) is 5.92 Å². The van der Waals surface area contributed by atoms with E-state index in [-0.39, 0.29) is 17.0 Å². The minimum Gasteiger partial charge on any atom is -0.392 e. The summed E-state index contributed by atoms with van der Waals surface area (Å²) in [5, 5.41) is 2.90. The Morgan fingerprint density at radius 3 is 2.80 bits per heavy atom. The van der Waals surface area contributed by atoms with Crippen LogP contribution in [0.25, 0.3) is 0 Å². The van der Waals surface area contributed by atoms with E-state index in [1.165, 1.54) is 0 Å². The van der Waals surface area contributed by atoms with E-state index in [1.807, 2.05) is 30.3 Å². The molecule has 108 valence electrons. The molecule has 1 aliphatic rings. The molecule has 0 spiro atoms. The first-order chi connectivity index (χ1) is 9.68. The van der Waals surface area contributed by atoms with Crippen LogP contribution >= 0.6 is 12.2 Å². The van der Waals surface area contributed by atoms with Gasteiger partial charge in [-0.05, 0) is 24.8 Å². The van der Waals surface area contributed by atoms with Crippen LogP contribution in [0.4, 0.5) is 0 Å². The first-order valence-electron chi connectivity index (χ1n) is 6.92. The number of nitrogens with two attached hydrogens (primary N) is 1. The maximum absolute atomic E-state index is 12.2. The zero-order valence-corrected chi connectivity index (χ0v) is 12.2. The van der Waals surface area contributed by atoms with Crippen LogP contribution in [0.3, 0.4) is 0 Å². The molecule has 2 rings (SSSR count). The van der Waals surface area contributed by atoms with Crippen LogP contribution in [0.2, 0.25) is 0 Å². The van der Waals surface area contributed by atoms with E-state index in [0.29, 0.717) is 6.54 Å². The summed E-state index contributed by atoms with van der Waals surface area (Å²) in [5.74, 6) is -0.697. The third-order valence-electron chi connectivity index (χ3n) is 3.47. The van der Waals surface area contributed by atoms with Gasteiger partial charge in [0.15, 0.2) is 0 Å². The van der Waals surface area contributed by atoms with E-state index in [0.717, 1.165) is 31.4 Å². The Balaban J connectivity index is 1.89. The van der Waals surface area contributed by atoms with Gasteiger partial charge in [0.05, 0.1) is 11.1 Å². The predicted molar refractivity (Wildman–Crippen MR) is 82.6 cm³/mol. The minimum absolute atomic E-state index is 0.137. The lowest BCUT2D eigenvalue weighted by Gasteiger charge is -2.17. The summed E-state index contributed by atoms with van der Waals surface area (Å²) < 4.78 is 5.53. The van der Waals surface area contributed by atoms with Crippen LogP contribution in [0.15, 0.2) is 30.3 Å². The summed E-state index contributed by atoms with van der Waals surface area (Å²) in [6.45, 7) is 1.42. The normalized spacial score (nSPS) is 19.5. The topological polar surface area (TPSA) is 64.4 Å². The molecule has 2 unspecified atom stereocenters. The van der Waals surface area contributed by atoms with Gasteiger partial charge in [-0.3, -0.25) is 4.79 Å². The molecule has 3 N–H and O–H groups in total.